The van der Waals surface area contributed by atoms with Crippen molar-refractivity contribution >= 4 is 5.91 Å². The van der Waals surface area contributed by atoms with Crippen LogP contribution >= 0.6 is 0 Å². The van der Waals surface area contributed by atoms with Crippen LogP contribution in [0.2, 0.25) is 0 Å². The average molecular weight is 341 g/mol. The van der Waals surface area contributed by atoms with Gasteiger partial charge in [0.15, 0.2) is 0 Å². The number of hydrogen-bond donors (Lipinski definition) is 1. The zero-order valence-corrected chi connectivity index (χ0v) is 14.8. The van der Waals surface area contributed by atoms with Crippen LogP contribution in [0, 0.1) is 0 Å². The summed E-state index contributed by atoms with van der Waals surface area (Å²) in [6.07, 6.45) is 3.21. The van der Waals surface area contributed by atoms with E-state index in [2.05, 4.69) is 29.6 Å². The first-order valence-electron chi connectivity index (χ1n) is 9.31. The van der Waals surface area contributed by atoms with Gasteiger partial charge in [0.1, 0.15) is 0 Å². The molecule has 0 heterocycles. The molecule has 0 unspecified atom stereocenters. The molecule has 3 aromatic rings. The molecule has 2 heteroatoms. The molecular formula is C24H23NO. The van der Waals surface area contributed by atoms with Gasteiger partial charge in [0.05, 0.1) is 12.0 Å². The Morgan fingerprint density at radius 1 is 0.808 bits per heavy atom. The fourth-order valence-corrected chi connectivity index (χ4v) is 3.95. The second-order valence-corrected chi connectivity index (χ2v) is 6.91. The molecule has 2 nitrogen and oxygen atoms in total. The normalized spacial score (nSPS) is 16.1. The summed E-state index contributed by atoms with van der Waals surface area (Å²) in [7, 11) is 0. The van der Waals surface area contributed by atoms with Crippen LogP contribution in [0.15, 0.2) is 84.9 Å². The minimum Gasteiger partial charge on any atom is -0.348 e. The van der Waals surface area contributed by atoms with Crippen LogP contribution in [0.1, 0.15) is 47.1 Å². The molecular weight excluding hydrogens is 318 g/mol. The molecule has 0 fully saturated rings. The van der Waals surface area contributed by atoms with Gasteiger partial charge in [0.2, 0.25) is 5.91 Å². The van der Waals surface area contributed by atoms with Crippen LogP contribution in [0.4, 0.5) is 0 Å². The summed E-state index contributed by atoms with van der Waals surface area (Å²) in [6.45, 7) is 0. The third kappa shape index (κ3) is 3.41. The lowest BCUT2D eigenvalue weighted by atomic mass is 9.86. The third-order valence-corrected chi connectivity index (χ3v) is 5.21. The molecule has 26 heavy (non-hydrogen) atoms. The lowest BCUT2D eigenvalue weighted by Gasteiger charge is -2.28. The molecule has 1 amide bonds. The molecule has 1 atom stereocenters. The standard InChI is InChI=1S/C24H23NO/c26-24(25-22-17-9-15-18-10-7-8-16-21(18)22)23(19-11-3-1-4-12-19)20-13-5-2-6-14-20/h1-8,10-14,16,22-23H,9,15,17H2,(H,25,26)/t22-/m0/s1. The van der Waals surface area contributed by atoms with Crippen molar-refractivity contribution in [2.45, 2.75) is 31.2 Å². The molecule has 0 aliphatic heterocycles. The van der Waals surface area contributed by atoms with Crippen molar-refractivity contribution in [3.8, 4) is 0 Å². The Morgan fingerprint density at radius 3 is 2.04 bits per heavy atom. The summed E-state index contributed by atoms with van der Waals surface area (Å²) in [5, 5.41) is 3.33. The van der Waals surface area contributed by atoms with Crippen molar-refractivity contribution in [2.24, 2.45) is 0 Å². The number of aryl methyl sites for hydroxylation is 1. The molecule has 0 bridgehead atoms. The molecule has 0 saturated heterocycles. The predicted molar refractivity (Wildman–Crippen MR) is 105 cm³/mol. The summed E-state index contributed by atoms with van der Waals surface area (Å²) in [5.74, 6) is -0.212. The van der Waals surface area contributed by atoms with E-state index in [-0.39, 0.29) is 17.9 Å². The summed E-state index contributed by atoms with van der Waals surface area (Å²) in [4.78, 5) is 13.3. The highest BCUT2D eigenvalue weighted by Crippen LogP contribution is 2.31. The quantitative estimate of drug-likeness (QED) is 0.710. The Kier molecular flexibility index (Phi) is 4.83. The van der Waals surface area contributed by atoms with Gasteiger partial charge in [0, 0.05) is 0 Å². The first kappa shape index (κ1) is 16.6. The van der Waals surface area contributed by atoms with E-state index in [1.165, 1.54) is 11.1 Å². The van der Waals surface area contributed by atoms with Gasteiger partial charge in [-0.15, -0.1) is 0 Å². The second kappa shape index (κ2) is 7.57. The van der Waals surface area contributed by atoms with Gasteiger partial charge in [-0.05, 0) is 41.5 Å². The highest BCUT2D eigenvalue weighted by Gasteiger charge is 2.27. The maximum absolute atomic E-state index is 13.3. The Labute approximate surface area is 154 Å². The molecule has 0 spiro atoms. The van der Waals surface area contributed by atoms with Crippen molar-refractivity contribution in [3.63, 3.8) is 0 Å². The van der Waals surface area contributed by atoms with Crippen molar-refractivity contribution in [2.75, 3.05) is 0 Å². The third-order valence-electron chi connectivity index (χ3n) is 5.21. The van der Waals surface area contributed by atoms with E-state index in [1.54, 1.807) is 0 Å². The van der Waals surface area contributed by atoms with Gasteiger partial charge < -0.3 is 5.32 Å². The number of rotatable bonds is 4. The van der Waals surface area contributed by atoms with Crippen molar-refractivity contribution in [1.82, 2.24) is 5.32 Å². The van der Waals surface area contributed by atoms with Crippen LogP contribution in [0.25, 0.3) is 0 Å². The predicted octanol–water partition coefficient (Wildman–Crippen LogP) is 5.01. The SMILES string of the molecule is O=C(N[C@H]1CCCc2ccccc21)C(c1ccccc1)c1ccccc1. The molecule has 1 N–H and O–H groups in total. The smallest absolute Gasteiger partial charge is 0.232 e. The topological polar surface area (TPSA) is 29.1 Å². The van der Waals surface area contributed by atoms with Crippen molar-refractivity contribution in [1.29, 1.82) is 0 Å². The van der Waals surface area contributed by atoms with Gasteiger partial charge in [-0.1, -0.05) is 84.9 Å². The number of carbonyl (C=O) groups is 1. The summed E-state index contributed by atoms with van der Waals surface area (Å²) in [5.41, 5.74) is 4.69. The summed E-state index contributed by atoms with van der Waals surface area (Å²) < 4.78 is 0. The maximum Gasteiger partial charge on any atom is 0.232 e. The minimum absolute atomic E-state index is 0.0732. The summed E-state index contributed by atoms with van der Waals surface area (Å²) in [6, 6.07) is 28.7. The summed E-state index contributed by atoms with van der Waals surface area (Å²) >= 11 is 0. The molecule has 1 aliphatic rings. The van der Waals surface area contributed by atoms with E-state index < -0.39 is 0 Å². The van der Waals surface area contributed by atoms with Gasteiger partial charge in [-0.3, -0.25) is 4.79 Å². The molecule has 130 valence electrons. The van der Waals surface area contributed by atoms with Crippen LogP contribution in [-0.4, -0.2) is 5.91 Å². The van der Waals surface area contributed by atoms with Crippen molar-refractivity contribution < 1.29 is 4.79 Å². The van der Waals surface area contributed by atoms with E-state index in [9.17, 15) is 4.79 Å². The number of amides is 1. The fraction of sp³-hybridized carbons (Fsp3) is 0.208. The molecule has 0 saturated carbocycles. The number of nitrogens with one attached hydrogen (secondary N) is 1. The van der Waals surface area contributed by atoms with Crippen LogP contribution in [0.3, 0.4) is 0 Å². The monoisotopic (exact) mass is 341 g/mol. The fourth-order valence-electron chi connectivity index (χ4n) is 3.95. The molecule has 3 aromatic carbocycles. The minimum atomic E-state index is -0.286. The lowest BCUT2D eigenvalue weighted by Crippen LogP contribution is -2.35. The zero-order chi connectivity index (χ0) is 17.8. The van der Waals surface area contributed by atoms with Crippen LogP contribution in [-0.2, 0) is 11.2 Å². The van der Waals surface area contributed by atoms with E-state index >= 15 is 0 Å². The molecule has 1 aliphatic carbocycles. The van der Waals surface area contributed by atoms with Crippen molar-refractivity contribution in [3.05, 3.63) is 107 Å². The molecule has 0 aromatic heterocycles. The van der Waals surface area contributed by atoms with Crippen LogP contribution in [0.5, 0.6) is 0 Å². The van der Waals surface area contributed by atoms with Crippen LogP contribution < -0.4 is 5.32 Å². The highest BCUT2D eigenvalue weighted by atomic mass is 16.1. The largest absolute Gasteiger partial charge is 0.348 e. The first-order valence-corrected chi connectivity index (χ1v) is 9.31. The molecule has 4 rings (SSSR count). The van der Waals surface area contributed by atoms with E-state index in [0.717, 1.165) is 30.4 Å². The lowest BCUT2D eigenvalue weighted by molar-refractivity contribution is -0.122. The first-order chi connectivity index (χ1) is 12.8. The molecule has 0 radical (unpaired) electrons. The number of carbonyl (C=O) groups excluding carboxylic acids is 1. The van der Waals surface area contributed by atoms with E-state index in [4.69, 9.17) is 0 Å². The Bertz CT molecular complexity index is 833. The average Bonchev–Trinajstić information content (AvgIpc) is 2.70. The zero-order valence-electron chi connectivity index (χ0n) is 14.8. The Balaban J connectivity index is 1.64. The maximum atomic E-state index is 13.3. The van der Waals surface area contributed by atoms with Gasteiger partial charge >= 0.3 is 0 Å². The number of fused-ring (bicyclic) bond motifs is 1. The number of hydrogen-bond acceptors (Lipinski definition) is 1. The van der Waals surface area contributed by atoms with Gasteiger partial charge in [0.25, 0.3) is 0 Å². The highest BCUT2D eigenvalue weighted by molar-refractivity contribution is 5.87. The number of benzene rings is 3. The second-order valence-electron chi connectivity index (χ2n) is 6.91. The van der Waals surface area contributed by atoms with E-state index in [1.807, 2.05) is 60.7 Å². The Hall–Kier alpha value is -2.87. The Morgan fingerprint density at radius 2 is 1.38 bits per heavy atom. The van der Waals surface area contributed by atoms with Gasteiger partial charge in [-0.25, -0.2) is 0 Å². The van der Waals surface area contributed by atoms with Gasteiger partial charge in [-0.2, -0.15) is 0 Å². The van der Waals surface area contributed by atoms with E-state index in [0.29, 0.717) is 0 Å².